The van der Waals surface area contributed by atoms with Crippen LogP contribution in [0.3, 0.4) is 0 Å². The summed E-state index contributed by atoms with van der Waals surface area (Å²) in [5.41, 5.74) is 1.78. The zero-order valence-electron chi connectivity index (χ0n) is 9.39. The molecular formula is C14H14O3. The van der Waals surface area contributed by atoms with E-state index >= 15 is 0 Å². The maximum atomic E-state index is 11.5. The second-order valence-corrected chi connectivity index (χ2v) is 4.85. The molecule has 17 heavy (non-hydrogen) atoms. The molecule has 0 spiro atoms. The van der Waals surface area contributed by atoms with Gasteiger partial charge in [0, 0.05) is 0 Å². The van der Waals surface area contributed by atoms with Gasteiger partial charge in [-0.25, -0.2) is 0 Å². The summed E-state index contributed by atoms with van der Waals surface area (Å²) in [4.78, 5) is 11.5. The summed E-state index contributed by atoms with van der Waals surface area (Å²) in [6, 6.07) is 7.52. The molecule has 3 heteroatoms. The number of fused-ring (bicyclic) bond motifs is 1. The van der Waals surface area contributed by atoms with Gasteiger partial charge in [0.25, 0.3) is 0 Å². The maximum Gasteiger partial charge on any atom is 0.314 e. The molecule has 0 amide bonds. The maximum absolute atomic E-state index is 11.5. The normalized spacial score (nSPS) is 24.8. The topological polar surface area (TPSA) is 57.5 Å². The number of aliphatic hydroxyl groups excluding tert-OH is 1. The standard InChI is InChI=1S/C14H14O3/c15-12-8-11(9-4-1-2-5-10(9)12)14(13(16)17)6-3-7-14/h1-2,4-5,8,12,15H,3,6-7H2,(H,16,17). The Bertz CT molecular complexity index is 512. The molecule has 1 aromatic carbocycles. The van der Waals surface area contributed by atoms with Crippen LogP contribution in [-0.2, 0) is 4.79 Å². The van der Waals surface area contributed by atoms with E-state index in [1.54, 1.807) is 6.08 Å². The zero-order valence-corrected chi connectivity index (χ0v) is 9.39. The summed E-state index contributed by atoms with van der Waals surface area (Å²) in [5.74, 6) is -0.765. The first-order valence-corrected chi connectivity index (χ1v) is 5.88. The van der Waals surface area contributed by atoms with E-state index in [0.717, 1.165) is 23.1 Å². The fraction of sp³-hybridized carbons (Fsp3) is 0.357. The van der Waals surface area contributed by atoms with Gasteiger partial charge in [0.2, 0.25) is 0 Å². The molecule has 3 nitrogen and oxygen atoms in total. The Morgan fingerprint density at radius 3 is 2.59 bits per heavy atom. The SMILES string of the molecule is O=C(O)C1(C2=CC(O)c3ccccc32)CCC1. The van der Waals surface area contributed by atoms with Crippen molar-refractivity contribution in [2.75, 3.05) is 0 Å². The van der Waals surface area contributed by atoms with E-state index in [2.05, 4.69) is 0 Å². The number of carbonyl (C=O) groups is 1. The van der Waals surface area contributed by atoms with Gasteiger partial charge in [0.15, 0.2) is 0 Å². The smallest absolute Gasteiger partial charge is 0.314 e. The fourth-order valence-corrected chi connectivity index (χ4v) is 2.88. The van der Waals surface area contributed by atoms with Gasteiger partial charge in [-0.15, -0.1) is 0 Å². The Labute approximate surface area is 99.4 Å². The summed E-state index contributed by atoms with van der Waals surface area (Å²) < 4.78 is 0. The Morgan fingerprint density at radius 1 is 1.29 bits per heavy atom. The molecule has 2 aliphatic carbocycles. The van der Waals surface area contributed by atoms with Crippen LogP contribution in [0.25, 0.3) is 5.57 Å². The minimum atomic E-state index is -0.765. The van der Waals surface area contributed by atoms with Crippen molar-refractivity contribution in [2.45, 2.75) is 25.4 Å². The van der Waals surface area contributed by atoms with Crippen molar-refractivity contribution >= 4 is 11.5 Å². The molecule has 0 aliphatic heterocycles. The number of hydrogen-bond acceptors (Lipinski definition) is 2. The average Bonchev–Trinajstić information content (AvgIpc) is 2.56. The minimum Gasteiger partial charge on any atom is -0.481 e. The molecule has 0 aromatic heterocycles. The van der Waals surface area contributed by atoms with Crippen LogP contribution >= 0.6 is 0 Å². The van der Waals surface area contributed by atoms with Gasteiger partial charge < -0.3 is 10.2 Å². The lowest BCUT2D eigenvalue weighted by molar-refractivity contribution is -0.149. The van der Waals surface area contributed by atoms with Crippen LogP contribution in [-0.4, -0.2) is 16.2 Å². The van der Waals surface area contributed by atoms with Crippen LogP contribution in [0.1, 0.15) is 36.5 Å². The predicted molar refractivity (Wildman–Crippen MR) is 63.3 cm³/mol. The Kier molecular flexibility index (Phi) is 2.13. The highest BCUT2D eigenvalue weighted by Crippen LogP contribution is 2.55. The monoisotopic (exact) mass is 230 g/mol. The number of benzene rings is 1. The highest BCUT2D eigenvalue weighted by molar-refractivity contribution is 5.95. The highest BCUT2D eigenvalue weighted by Gasteiger charge is 2.49. The molecule has 3 rings (SSSR count). The van der Waals surface area contributed by atoms with Gasteiger partial charge in [-0.3, -0.25) is 4.79 Å². The largest absolute Gasteiger partial charge is 0.481 e. The molecule has 0 bridgehead atoms. The molecule has 1 aromatic rings. The minimum absolute atomic E-state index is 0.655. The van der Waals surface area contributed by atoms with Crippen molar-refractivity contribution in [1.29, 1.82) is 0 Å². The van der Waals surface area contributed by atoms with E-state index in [0.29, 0.717) is 12.8 Å². The van der Waals surface area contributed by atoms with Crippen LogP contribution in [0.4, 0.5) is 0 Å². The van der Waals surface area contributed by atoms with E-state index in [4.69, 9.17) is 0 Å². The molecule has 2 N–H and O–H groups in total. The first-order chi connectivity index (χ1) is 8.15. The molecule has 2 aliphatic rings. The number of aliphatic hydroxyl groups is 1. The van der Waals surface area contributed by atoms with Crippen molar-refractivity contribution < 1.29 is 15.0 Å². The zero-order chi connectivity index (χ0) is 12.0. The molecule has 0 radical (unpaired) electrons. The average molecular weight is 230 g/mol. The molecule has 1 atom stereocenters. The first kappa shape index (κ1) is 10.5. The van der Waals surface area contributed by atoms with Crippen molar-refractivity contribution in [3.8, 4) is 0 Å². The van der Waals surface area contributed by atoms with Crippen LogP contribution in [0.2, 0.25) is 0 Å². The summed E-state index contributed by atoms with van der Waals surface area (Å²) in [7, 11) is 0. The summed E-state index contributed by atoms with van der Waals surface area (Å²) in [6.07, 6.45) is 3.35. The highest BCUT2D eigenvalue weighted by atomic mass is 16.4. The van der Waals surface area contributed by atoms with Crippen molar-refractivity contribution in [2.24, 2.45) is 5.41 Å². The molecule has 88 valence electrons. The third-order valence-corrected chi connectivity index (χ3v) is 4.03. The van der Waals surface area contributed by atoms with E-state index in [9.17, 15) is 15.0 Å². The second-order valence-electron chi connectivity index (χ2n) is 4.85. The lowest BCUT2D eigenvalue weighted by Gasteiger charge is -2.39. The van der Waals surface area contributed by atoms with Gasteiger partial charge in [0.1, 0.15) is 0 Å². The predicted octanol–water partition coefficient (Wildman–Crippen LogP) is 2.37. The van der Waals surface area contributed by atoms with Crippen LogP contribution in [0, 0.1) is 5.41 Å². The lowest BCUT2D eigenvalue weighted by Crippen LogP contribution is -2.38. The van der Waals surface area contributed by atoms with Gasteiger partial charge in [-0.1, -0.05) is 30.7 Å². The van der Waals surface area contributed by atoms with E-state index < -0.39 is 17.5 Å². The quantitative estimate of drug-likeness (QED) is 0.820. The number of rotatable bonds is 2. The van der Waals surface area contributed by atoms with Crippen LogP contribution < -0.4 is 0 Å². The van der Waals surface area contributed by atoms with Crippen molar-refractivity contribution in [3.63, 3.8) is 0 Å². The summed E-state index contributed by atoms with van der Waals surface area (Å²) in [6.45, 7) is 0. The number of carboxylic acids is 1. The summed E-state index contributed by atoms with van der Waals surface area (Å²) in [5, 5.41) is 19.4. The Hall–Kier alpha value is -1.61. The first-order valence-electron chi connectivity index (χ1n) is 5.88. The van der Waals surface area contributed by atoms with E-state index in [1.807, 2.05) is 24.3 Å². The molecule has 1 saturated carbocycles. The van der Waals surface area contributed by atoms with Gasteiger partial charge in [-0.2, -0.15) is 0 Å². The molecular weight excluding hydrogens is 216 g/mol. The lowest BCUT2D eigenvalue weighted by atomic mass is 9.63. The third kappa shape index (κ3) is 1.29. The van der Waals surface area contributed by atoms with Gasteiger partial charge in [0.05, 0.1) is 11.5 Å². The van der Waals surface area contributed by atoms with Crippen molar-refractivity contribution in [3.05, 3.63) is 41.5 Å². The summed E-state index contributed by atoms with van der Waals surface area (Å²) >= 11 is 0. The van der Waals surface area contributed by atoms with Gasteiger partial charge >= 0.3 is 5.97 Å². The van der Waals surface area contributed by atoms with E-state index in [1.165, 1.54) is 0 Å². The van der Waals surface area contributed by atoms with E-state index in [-0.39, 0.29) is 0 Å². The molecule has 0 heterocycles. The number of carboxylic acid groups (broad SMARTS) is 1. The molecule has 0 saturated heterocycles. The Morgan fingerprint density at radius 2 is 2.00 bits per heavy atom. The van der Waals surface area contributed by atoms with Gasteiger partial charge in [-0.05, 0) is 35.6 Å². The third-order valence-electron chi connectivity index (χ3n) is 4.03. The van der Waals surface area contributed by atoms with Crippen LogP contribution in [0.15, 0.2) is 30.3 Å². The van der Waals surface area contributed by atoms with Crippen LogP contribution in [0.5, 0.6) is 0 Å². The fourth-order valence-electron chi connectivity index (χ4n) is 2.88. The molecule has 1 unspecified atom stereocenters. The number of hydrogen-bond donors (Lipinski definition) is 2. The molecule has 1 fully saturated rings. The number of aliphatic carboxylic acids is 1. The Balaban J connectivity index is 2.11. The van der Waals surface area contributed by atoms with Crippen molar-refractivity contribution in [1.82, 2.24) is 0 Å². The second kappa shape index (κ2) is 3.44.